The minimum absolute atomic E-state index is 0.0702. The van der Waals surface area contributed by atoms with E-state index in [0.29, 0.717) is 36.4 Å². The molecule has 0 saturated heterocycles. The van der Waals surface area contributed by atoms with E-state index in [1.165, 1.54) is 44.6 Å². The summed E-state index contributed by atoms with van der Waals surface area (Å²) in [5.74, 6) is 0.743. The van der Waals surface area contributed by atoms with Gasteiger partial charge in [-0.2, -0.15) is 18.3 Å². The lowest BCUT2D eigenvalue weighted by molar-refractivity contribution is 0.109. The van der Waals surface area contributed by atoms with E-state index in [1.54, 1.807) is 54.6 Å². The van der Waals surface area contributed by atoms with Crippen molar-refractivity contribution in [1.29, 1.82) is 0 Å². The number of para-hydroxylation sites is 2. The van der Waals surface area contributed by atoms with E-state index in [4.69, 9.17) is 18.9 Å². The number of rotatable bonds is 11. The molecule has 2 heterocycles. The fourth-order valence-electron chi connectivity index (χ4n) is 5.89. The highest BCUT2D eigenvalue weighted by Gasteiger charge is 2.45. The first kappa shape index (κ1) is 33.7. The number of fused-ring (bicyclic) bond motifs is 2. The SMILES string of the molecule is COc1ccc(S(=O)(=O)Nc2ccccc2)c2c1C[C@@](NC(=O)O)(NN(c1ccccc1)S(=O)(=O)c1ccc(OC)c3c1OCCC3)CO2. The average Bonchev–Trinajstić information content (AvgIpc) is 3.09. The maximum atomic E-state index is 14.6. The van der Waals surface area contributed by atoms with E-state index in [2.05, 4.69) is 15.5 Å². The van der Waals surface area contributed by atoms with Gasteiger partial charge in [0.05, 0.1) is 26.5 Å². The number of hydrazine groups is 1. The first-order valence-electron chi connectivity index (χ1n) is 15.1. The number of methoxy groups -OCH3 is 2. The largest absolute Gasteiger partial charge is 0.496 e. The van der Waals surface area contributed by atoms with Crippen molar-refractivity contribution in [1.82, 2.24) is 10.7 Å². The van der Waals surface area contributed by atoms with Crippen molar-refractivity contribution < 1.29 is 45.7 Å². The third kappa shape index (κ3) is 6.62. The van der Waals surface area contributed by atoms with Gasteiger partial charge in [-0.1, -0.05) is 36.4 Å². The zero-order chi connectivity index (χ0) is 34.8. The molecule has 0 fully saturated rings. The minimum Gasteiger partial charge on any atom is -0.496 e. The molecule has 0 saturated carbocycles. The lowest BCUT2D eigenvalue weighted by Gasteiger charge is -2.42. The number of carboxylic acid groups (broad SMARTS) is 1. The van der Waals surface area contributed by atoms with Crippen LogP contribution in [0.1, 0.15) is 17.5 Å². The van der Waals surface area contributed by atoms with Crippen LogP contribution in [0.15, 0.2) is 94.7 Å². The molecule has 6 rings (SSSR count). The van der Waals surface area contributed by atoms with Crippen LogP contribution in [0.25, 0.3) is 0 Å². The van der Waals surface area contributed by atoms with Crippen LogP contribution in [0, 0.1) is 0 Å². The summed E-state index contributed by atoms with van der Waals surface area (Å²) in [7, 11) is -5.88. The van der Waals surface area contributed by atoms with Gasteiger partial charge in [-0.25, -0.2) is 13.2 Å². The third-order valence-corrected chi connectivity index (χ3v) is 11.1. The second-order valence-corrected chi connectivity index (χ2v) is 14.7. The van der Waals surface area contributed by atoms with E-state index in [1.807, 2.05) is 0 Å². The van der Waals surface area contributed by atoms with Crippen molar-refractivity contribution in [2.24, 2.45) is 0 Å². The number of nitrogens with one attached hydrogen (secondary N) is 3. The van der Waals surface area contributed by atoms with Crippen LogP contribution in [0.5, 0.6) is 23.0 Å². The van der Waals surface area contributed by atoms with Crippen LogP contribution in [0.4, 0.5) is 16.2 Å². The topological polar surface area (TPSA) is 182 Å². The predicted molar refractivity (Wildman–Crippen MR) is 179 cm³/mol. The van der Waals surface area contributed by atoms with E-state index in [9.17, 15) is 26.7 Å². The Labute approximate surface area is 283 Å². The molecule has 2 aliphatic heterocycles. The fraction of sp³-hybridized carbons (Fsp3) is 0.242. The fourth-order valence-corrected chi connectivity index (χ4v) is 8.66. The Morgan fingerprint density at radius 1 is 0.816 bits per heavy atom. The number of hydrogen-bond acceptors (Lipinski definition) is 10. The first-order valence-corrected chi connectivity index (χ1v) is 18.0. The van der Waals surface area contributed by atoms with Gasteiger partial charge in [-0.15, -0.1) is 0 Å². The highest BCUT2D eigenvalue weighted by molar-refractivity contribution is 7.93. The normalized spacial score (nSPS) is 16.9. The molecular formula is C33H34N4O10S2. The van der Waals surface area contributed by atoms with Crippen molar-refractivity contribution in [3.05, 3.63) is 96.1 Å². The summed E-state index contributed by atoms with van der Waals surface area (Å²) in [6.07, 6.45) is -0.595. The van der Waals surface area contributed by atoms with Gasteiger partial charge in [0.1, 0.15) is 39.4 Å². The zero-order valence-electron chi connectivity index (χ0n) is 26.5. The van der Waals surface area contributed by atoms with Crippen molar-refractivity contribution in [2.75, 3.05) is 36.6 Å². The Morgan fingerprint density at radius 2 is 1.43 bits per heavy atom. The Kier molecular flexibility index (Phi) is 9.20. The van der Waals surface area contributed by atoms with Gasteiger partial charge >= 0.3 is 6.09 Å². The summed E-state index contributed by atoms with van der Waals surface area (Å²) >= 11 is 0. The summed E-state index contributed by atoms with van der Waals surface area (Å²) in [6, 6.07) is 22.0. The molecule has 49 heavy (non-hydrogen) atoms. The second-order valence-electron chi connectivity index (χ2n) is 11.3. The lowest BCUT2D eigenvalue weighted by atomic mass is 9.96. The third-order valence-electron chi connectivity index (χ3n) is 8.05. The predicted octanol–water partition coefficient (Wildman–Crippen LogP) is 4.13. The maximum Gasteiger partial charge on any atom is 0.406 e. The Hall–Kier alpha value is -5.19. The molecular weight excluding hydrogens is 677 g/mol. The molecule has 4 N–H and O–H groups in total. The molecule has 16 heteroatoms. The van der Waals surface area contributed by atoms with Gasteiger partial charge in [0.25, 0.3) is 20.0 Å². The van der Waals surface area contributed by atoms with E-state index >= 15 is 0 Å². The number of hydrogen-bond donors (Lipinski definition) is 4. The number of amides is 1. The van der Waals surface area contributed by atoms with Crippen LogP contribution in [-0.4, -0.2) is 61.1 Å². The van der Waals surface area contributed by atoms with E-state index < -0.39 is 38.4 Å². The summed E-state index contributed by atoms with van der Waals surface area (Å²) in [6.45, 7) is -0.232. The molecule has 0 aliphatic carbocycles. The van der Waals surface area contributed by atoms with E-state index in [-0.39, 0.29) is 44.7 Å². The molecule has 1 amide bonds. The van der Waals surface area contributed by atoms with Gasteiger partial charge in [-0.05, 0) is 61.4 Å². The molecule has 4 aromatic rings. The Morgan fingerprint density at radius 3 is 2.08 bits per heavy atom. The molecule has 0 bridgehead atoms. The van der Waals surface area contributed by atoms with Crippen LogP contribution in [-0.2, 0) is 32.9 Å². The highest BCUT2D eigenvalue weighted by atomic mass is 32.2. The summed E-state index contributed by atoms with van der Waals surface area (Å²) < 4.78 is 82.8. The highest BCUT2D eigenvalue weighted by Crippen LogP contribution is 2.43. The van der Waals surface area contributed by atoms with Gasteiger partial charge in [-0.3, -0.25) is 10.0 Å². The molecule has 4 aromatic carbocycles. The number of benzene rings is 4. The van der Waals surface area contributed by atoms with Gasteiger partial charge in [0, 0.05) is 23.2 Å². The van der Waals surface area contributed by atoms with E-state index in [0.717, 1.165) is 4.41 Å². The summed E-state index contributed by atoms with van der Waals surface area (Å²) in [5.41, 5.74) is 2.29. The molecule has 0 radical (unpaired) electrons. The quantitative estimate of drug-likeness (QED) is 0.130. The summed E-state index contributed by atoms with van der Waals surface area (Å²) in [5, 5.41) is 12.4. The lowest BCUT2D eigenvalue weighted by Crippen LogP contribution is -2.70. The van der Waals surface area contributed by atoms with Crippen molar-refractivity contribution in [3.8, 4) is 23.0 Å². The molecule has 14 nitrogen and oxygen atoms in total. The molecule has 258 valence electrons. The maximum absolute atomic E-state index is 14.6. The molecule has 1 atom stereocenters. The second kappa shape index (κ2) is 13.4. The summed E-state index contributed by atoms with van der Waals surface area (Å²) in [4.78, 5) is 11.9. The minimum atomic E-state index is -4.54. The van der Waals surface area contributed by atoms with Crippen LogP contribution >= 0.6 is 0 Å². The number of sulfonamides is 2. The molecule has 0 spiro atoms. The zero-order valence-corrected chi connectivity index (χ0v) is 28.1. The van der Waals surface area contributed by atoms with Crippen molar-refractivity contribution in [3.63, 3.8) is 0 Å². The van der Waals surface area contributed by atoms with Crippen LogP contribution in [0.3, 0.4) is 0 Å². The van der Waals surface area contributed by atoms with Gasteiger partial charge in [0.15, 0.2) is 5.66 Å². The smallest absolute Gasteiger partial charge is 0.406 e. The monoisotopic (exact) mass is 710 g/mol. The molecule has 0 unspecified atom stereocenters. The number of ether oxygens (including phenoxy) is 4. The Bertz CT molecular complexity index is 2080. The van der Waals surface area contributed by atoms with Gasteiger partial charge in [0.2, 0.25) is 0 Å². The molecule has 2 aliphatic rings. The number of anilines is 2. The number of carbonyl (C=O) groups is 1. The van der Waals surface area contributed by atoms with Crippen molar-refractivity contribution in [2.45, 2.75) is 34.7 Å². The first-order chi connectivity index (χ1) is 23.5. The average molecular weight is 711 g/mol. The van der Waals surface area contributed by atoms with Gasteiger partial charge < -0.3 is 24.1 Å². The molecule has 0 aromatic heterocycles. The number of nitrogens with zero attached hydrogens (tertiary/aromatic N) is 1. The van der Waals surface area contributed by atoms with Crippen LogP contribution < -0.4 is 38.8 Å². The van der Waals surface area contributed by atoms with Crippen LogP contribution in [0.2, 0.25) is 0 Å². The Balaban J connectivity index is 1.45. The standard InChI is InChI=1S/C33H34N4O10S2/c1-44-26-16-18-29(30-24(26)14-9-19-46-30)49(42,43)37(23-12-7-4-8-13-23)36-33(34-32(38)39)20-25-27(45-2)15-17-28(31(25)47-21-33)48(40,41)35-22-10-5-3-6-11-22/h3-8,10-13,15-18,34-36H,9,14,19-21H2,1-2H3,(H,38,39)/t33-/m1/s1. The van der Waals surface area contributed by atoms with Crippen molar-refractivity contribution >= 4 is 37.5 Å².